The van der Waals surface area contributed by atoms with Gasteiger partial charge in [-0.15, -0.1) is 11.8 Å². The largest absolute Gasteiger partial charge is 0.351 e. The number of thioether (sulfide) groups is 1. The lowest BCUT2D eigenvalue weighted by molar-refractivity contribution is -0.385. The van der Waals surface area contributed by atoms with Gasteiger partial charge in [0.15, 0.2) is 0 Å². The van der Waals surface area contributed by atoms with Crippen molar-refractivity contribution in [2.75, 3.05) is 12.3 Å². The van der Waals surface area contributed by atoms with Crippen LogP contribution in [0.3, 0.4) is 0 Å². The van der Waals surface area contributed by atoms with E-state index in [4.69, 9.17) is 0 Å². The minimum absolute atomic E-state index is 0.0249. The summed E-state index contributed by atoms with van der Waals surface area (Å²) in [7, 11) is 0. The molecule has 0 unspecified atom stereocenters. The van der Waals surface area contributed by atoms with Crippen LogP contribution in [0.1, 0.15) is 27.0 Å². The van der Waals surface area contributed by atoms with Gasteiger partial charge in [-0.25, -0.2) is 0 Å². The summed E-state index contributed by atoms with van der Waals surface area (Å²) in [5.74, 6) is 0.550. The molecule has 24 heavy (non-hydrogen) atoms. The molecule has 0 atom stereocenters. The van der Waals surface area contributed by atoms with E-state index >= 15 is 0 Å². The maximum absolute atomic E-state index is 12.1. The average molecular weight is 344 g/mol. The summed E-state index contributed by atoms with van der Waals surface area (Å²) >= 11 is 1.69. The molecular formula is C18H20N2O3S. The second kappa shape index (κ2) is 7.97. The highest BCUT2D eigenvalue weighted by Gasteiger charge is 2.13. The van der Waals surface area contributed by atoms with E-state index in [9.17, 15) is 14.9 Å². The monoisotopic (exact) mass is 344 g/mol. The summed E-state index contributed by atoms with van der Waals surface area (Å²) < 4.78 is 0. The Morgan fingerprint density at radius 1 is 1.08 bits per heavy atom. The van der Waals surface area contributed by atoms with Crippen molar-refractivity contribution in [1.82, 2.24) is 5.32 Å². The van der Waals surface area contributed by atoms with Gasteiger partial charge in [-0.2, -0.15) is 0 Å². The summed E-state index contributed by atoms with van der Waals surface area (Å²) in [6.07, 6.45) is 0. The molecule has 0 aliphatic rings. The first-order chi connectivity index (χ1) is 11.4. The third kappa shape index (κ3) is 4.58. The van der Waals surface area contributed by atoms with Crippen LogP contribution >= 0.6 is 11.8 Å². The van der Waals surface area contributed by atoms with Gasteiger partial charge in [-0.3, -0.25) is 14.9 Å². The Morgan fingerprint density at radius 2 is 1.83 bits per heavy atom. The van der Waals surface area contributed by atoms with Crippen molar-refractivity contribution in [2.45, 2.75) is 25.7 Å². The van der Waals surface area contributed by atoms with Crippen molar-refractivity contribution in [1.29, 1.82) is 0 Å². The van der Waals surface area contributed by atoms with Crippen molar-refractivity contribution in [3.8, 4) is 0 Å². The van der Waals surface area contributed by atoms with Gasteiger partial charge in [0, 0.05) is 34.4 Å². The van der Waals surface area contributed by atoms with E-state index in [0.29, 0.717) is 17.7 Å². The van der Waals surface area contributed by atoms with Crippen molar-refractivity contribution in [3.05, 3.63) is 68.8 Å². The second-order valence-electron chi connectivity index (χ2n) is 5.61. The highest BCUT2D eigenvalue weighted by Crippen LogP contribution is 2.21. The maximum Gasteiger partial charge on any atom is 0.272 e. The van der Waals surface area contributed by atoms with E-state index in [1.807, 2.05) is 0 Å². The Bertz CT molecular complexity index is 775. The Hall–Kier alpha value is -2.34. The number of amides is 1. The first-order valence-corrected chi connectivity index (χ1v) is 8.60. The fourth-order valence-electron chi connectivity index (χ4n) is 2.24. The summed E-state index contributed by atoms with van der Waals surface area (Å²) in [6.45, 7) is 6.32. The molecule has 0 aliphatic carbocycles. The minimum Gasteiger partial charge on any atom is -0.351 e. The van der Waals surface area contributed by atoms with Crippen molar-refractivity contribution in [2.24, 2.45) is 0 Å². The first-order valence-electron chi connectivity index (χ1n) is 7.62. The number of benzene rings is 2. The molecule has 0 bridgehead atoms. The molecule has 1 amide bonds. The molecule has 1 N–H and O–H groups in total. The van der Waals surface area contributed by atoms with Crippen LogP contribution in [0.2, 0.25) is 0 Å². The predicted molar refractivity (Wildman–Crippen MR) is 96.8 cm³/mol. The summed E-state index contributed by atoms with van der Waals surface area (Å²) in [5.41, 5.74) is 3.47. The zero-order valence-electron chi connectivity index (χ0n) is 14.0. The molecule has 6 heteroatoms. The lowest BCUT2D eigenvalue weighted by Crippen LogP contribution is -2.25. The van der Waals surface area contributed by atoms with E-state index in [-0.39, 0.29) is 11.6 Å². The van der Waals surface area contributed by atoms with Crippen LogP contribution < -0.4 is 5.32 Å². The molecular weight excluding hydrogens is 324 g/mol. The standard InChI is InChI=1S/C18H20N2O3S/c1-12-4-6-16(11-13(12)2)24-9-8-19-18(21)15-5-7-17(20(22)23)14(3)10-15/h4-7,10-11H,8-9H2,1-3H3,(H,19,21). The van der Waals surface area contributed by atoms with Crippen LogP contribution in [0.25, 0.3) is 0 Å². The molecule has 126 valence electrons. The topological polar surface area (TPSA) is 72.2 Å². The third-order valence-electron chi connectivity index (χ3n) is 3.79. The van der Waals surface area contributed by atoms with E-state index in [0.717, 1.165) is 5.75 Å². The number of rotatable bonds is 6. The van der Waals surface area contributed by atoms with Crippen LogP contribution in [0, 0.1) is 30.9 Å². The third-order valence-corrected chi connectivity index (χ3v) is 4.79. The highest BCUT2D eigenvalue weighted by atomic mass is 32.2. The van der Waals surface area contributed by atoms with Crippen molar-refractivity contribution in [3.63, 3.8) is 0 Å². The summed E-state index contributed by atoms with van der Waals surface area (Å²) in [4.78, 5) is 23.6. The van der Waals surface area contributed by atoms with Gasteiger partial charge in [0.2, 0.25) is 0 Å². The van der Waals surface area contributed by atoms with Gasteiger partial charge in [-0.05, 0) is 56.2 Å². The molecule has 5 nitrogen and oxygen atoms in total. The summed E-state index contributed by atoms with van der Waals surface area (Å²) in [6, 6.07) is 10.7. The molecule has 0 spiro atoms. The van der Waals surface area contributed by atoms with Crippen LogP contribution in [-0.4, -0.2) is 23.1 Å². The number of carbonyl (C=O) groups is 1. The molecule has 0 saturated heterocycles. The zero-order chi connectivity index (χ0) is 17.7. The lowest BCUT2D eigenvalue weighted by Gasteiger charge is -2.07. The number of aryl methyl sites for hydroxylation is 3. The Balaban J connectivity index is 1.86. The molecule has 0 heterocycles. The zero-order valence-corrected chi connectivity index (χ0v) is 14.8. The number of nitro groups is 1. The van der Waals surface area contributed by atoms with Crippen LogP contribution in [0.5, 0.6) is 0 Å². The molecule has 0 fully saturated rings. The number of hydrogen-bond donors (Lipinski definition) is 1. The van der Waals surface area contributed by atoms with E-state index in [1.54, 1.807) is 24.8 Å². The van der Waals surface area contributed by atoms with Crippen LogP contribution in [0.4, 0.5) is 5.69 Å². The van der Waals surface area contributed by atoms with Gasteiger partial charge >= 0.3 is 0 Å². The number of carbonyl (C=O) groups excluding carboxylic acids is 1. The molecule has 2 aromatic carbocycles. The minimum atomic E-state index is -0.447. The second-order valence-corrected chi connectivity index (χ2v) is 6.78. The number of nitrogens with zero attached hydrogens (tertiary/aromatic N) is 1. The van der Waals surface area contributed by atoms with E-state index in [2.05, 4.69) is 37.4 Å². The summed E-state index contributed by atoms with van der Waals surface area (Å²) in [5, 5.41) is 13.6. The van der Waals surface area contributed by atoms with Crippen molar-refractivity contribution < 1.29 is 9.72 Å². The average Bonchev–Trinajstić information content (AvgIpc) is 2.54. The first kappa shape index (κ1) is 18.0. The molecule has 0 saturated carbocycles. The van der Waals surface area contributed by atoms with Gasteiger partial charge < -0.3 is 5.32 Å². The lowest BCUT2D eigenvalue weighted by atomic mass is 10.1. The molecule has 2 rings (SSSR count). The fraction of sp³-hybridized carbons (Fsp3) is 0.278. The van der Waals surface area contributed by atoms with E-state index < -0.39 is 4.92 Å². The van der Waals surface area contributed by atoms with Gasteiger partial charge in [0.05, 0.1) is 4.92 Å². The Labute approximate surface area is 145 Å². The van der Waals surface area contributed by atoms with Crippen LogP contribution in [-0.2, 0) is 0 Å². The molecule has 0 radical (unpaired) electrons. The molecule has 0 aliphatic heterocycles. The normalized spacial score (nSPS) is 10.5. The number of nitrogens with one attached hydrogen (secondary N) is 1. The number of nitro benzene ring substituents is 1. The van der Waals surface area contributed by atoms with E-state index in [1.165, 1.54) is 28.2 Å². The van der Waals surface area contributed by atoms with Gasteiger partial charge in [0.25, 0.3) is 11.6 Å². The molecule has 0 aromatic heterocycles. The van der Waals surface area contributed by atoms with Crippen molar-refractivity contribution >= 4 is 23.4 Å². The van der Waals surface area contributed by atoms with Gasteiger partial charge in [0.1, 0.15) is 0 Å². The maximum atomic E-state index is 12.1. The fourth-order valence-corrected chi connectivity index (χ4v) is 3.10. The number of hydrogen-bond acceptors (Lipinski definition) is 4. The molecule has 2 aromatic rings. The quantitative estimate of drug-likeness (QED) is 0.371. The highest BCUT2D eigenvalue weighted by molar-refractivity contribution is 7.99. The van der Waals surface area contributed by atoms with Gasteiger partial charge in [-0.1, -0.05) is 6.07 Å². The Morgan fingerprint density at radius 3 is 2.46 bits per heavy atom. The SMILES string of the molecule is Cc1ccc(SCCNC(=O)c2ccc([N+](=O)[O-])c(C)c2)cc1C. The smallest absolute Gasteiger partial charge is 0.272 e. The Kier molecular flexibility index (Phi) is 5.98. The van der Waals surface area contributed by atoms with Crippen LogP contribution in [0.15, 0.2) is 41.3 Å². The predicted octanol–water partition coefficient (Wildman–Crippen LogP) is 4.04.